The lowest BCUT2D eigenvalue weighted by Crippen LogP contribution is -2.33. The van der Waals surface area contributed by atoms with Crippen molar-refractivity contribution in [1.29, 1.82) is 0 Å². The summed E-state index contributed by atoms with van der Waals surface area (Å²) in [5, 5.41) is 9.24. The second kappa shape index (κ2) is 9.15. The molecule has 0 unspecified atom stereocenters. The standard InChI is InChI=1S/C16H22FNO4/c1-11(19)15(18)10-13(16(20)21)9-12-3-5-14(6-4-12)22-8-2-7-17/h3-6,13,15H,2,7-10,18H2,1H3,(H,20,21)/t13-,15-/m0/s1. The van der Waals surface area contributed by atoms with Gasteiger partial charge < -0.3 is 15.6 Å². The molecule has 122 valence electrons. The predicted octanol–water partition coefficient (Wildman–Crippen LogP) is 1.97. The number of alkyl halides is 1. The fourth-order valence-corrected chi connectivity index (χ4v) is 1.99. The summed E-state index contributed by atoms with van der Waals surface area (Å²) < 4.78 is 17.3. The quantitative estimate of drug-likeness (QED) is 0.645. The molecule has 2 atom stereocenters. The van der Waals surface area contributed by atoms with Gasteiger partial charge in [0.1, 0.15) is 11.5 Å². The summed E-state index contributed by atoms with van der Waals surface area (Å²) in [5.74, 6) is -1.29. The number of benzene rings is 1. The lowest BCUT2D eigenvalue weighted by atomic mass is 9.92. The minimum atomic E-state index is -0.972. The van der Waals surface area contributed by atoms with Gasteiger partial charge in [-0.25, -0.2) is 0 Å². The van der Waals surface area contributed by atoms with Crippen molar-refractivity contribution >= 4 is 11.8 Å². The molecule has 0 fully saturated rings. The molecular formula is C16H22FNO4. The number of aliphatic carboxylic acids is 1. The molecule has 3 N–H and O–H groups in total. The fraction of sp³-hybridized carbons (Fsp3) is 0.500. The number of rotatable bonds is 10. The van der Waals surface area contributed by atoms with Crippen molar-refractivity contribution in [2.24, 2.45) is 11.7 Å². The Morgan fingerprint density at radius 3 is 2.45 bits per heavy atom. The largest absolute Gasteiger partial charge is 0.494 e. The minimum absolute atomic E-state index is 0.111. The van der Waals surface area contributed by atoms with Gasteiger partial charge in [0.25, 0.3) is 0 Å². The molecule has 0 aliphatic rings. The van der Waals surface area contributed by atoms with Gasteiger partial charge in [0, 0.05) is 6.42 Å². The van der Waals surface area contributed by atoms with Crippen LogP contribution >= 0.6 is 0 Å². The first-order valence-corrected chi connectivity index (χ1v) is 7.20. The Kier molecular flexibility index (Phi) is 7.52. The zero-order valence-corrected chi connectivity index (χ0v) is 12.6. The second-order valence-electron chi connectivity index (χ2n) is 5.23. The van der Waals surface area contributed by atoms with Crippen LogP contribution in [0, 0.1) is 5.92 Å². The first kappa shape index (κ1) is 18.1. The van der Waals surface area contributed by atoms with E-state index in [1.807, 2.05) is 0 Å². The summed E-state index contributed by atoms with van der Waals surface area (Å²) >= 11 is 0. The van der Waals surface area contributed by atoms with Crippen LogP contribution in [0.1, 0.15) is 25.3 Å². The van der Waals surface area contributed by atoms with Crippen LogP contribution in [0.15, 0.2) is 24.3 Å². The highest BCUT2D eigenvalue weighted by Crippen LogP contribution is 2.18. The lowest BCUT2D eigenvalue weighted by molar-refractivity contribution is -0.142. The Bertz CT molecular complexity index is 489. The molecule has 1 rings (SSSR count). The number of carbonyl (C=O) groups excluding carboxylic acids is 1. The van der Waals surface area contributed by atoms with Crippen molar-refractivity contribution in [3.8, 4) is 5.75 Å². The van der Waals surface area contributed by atoms with Crippen LogP contribution in [0.3, 0.4) is 0 Å². The smallest absolute Gasteiger partial charge is 0.306 e. The zero-order valence-electron chi connectivity index (χ0n) is 12.6. The Hall–Kier alpha value is -1.95. The summed E-state index contributed by atoms with van der Waals surface area (Å²) in [6, 6.07) is 6.21. The van der Waals surface area contributed by atoms with Crippen molar-refractivity contribution in [2.45, 2.75) is 32.2 Å². The van der Waals surface area contributed by atoms with Crippen LogP contribution in [-0.4, -0.2) is 36.2 Å². The van der Waals surface area contributed by atoms with Crippen LogP contribution in [0.2, 0.25) is 0 Å². The molecule has 0 aliphatic carbocycles. The molecule has 0 heterocycles. The maximum Gasteiger partial charge on any atom is 0.306 e. The number of carboxylic acids is 1. The second-order valence-corrected chi connectivity index (χ2v) is 5.23. The van der Waals surface area contributed by atoms with Gasteiger partial charge in [0.15, 0.2) is 0 Å². The normalized spacial score (nSPS) is 13.4. The fourth-order valence-electron chi connectivity index (χ4n) is 1.99. The van der Waals surface area contributed by atoms with Gasteiger partial charge in [-0.05, 0) is 37.5 Å². The summed E-state index contributed by atoms with van der Waals surface area (Å²) in [5.41, 5.74) is 6.46. The third-order valence-corrected chi connectivity index (χ3v) is 3.36. The Morgan fingerprint density at radius 2 is 1.95 bits per heavy atom. The predicted molar refractivity (Wildman–Crippen MR) is 80.6 cm³/mol. The van der Waals surface area contributed by atoms with Gasteiger partial charge in [-0.2, -0.15) is 0 Å². The number of ketones is 1. The molecule has 0 spiro atoms. The van der Waals surface area contributed by atoms with Gasteiger partial charge >= 0.3 is 5.97 Å². The first-order chi connectivity index (χ1) is 10.4. The number of Topliss-reactive ketones (excluding diaryl/α,β-unsaturated/α-hetero) is 1. The van der Waals surface area contributed by atoms with E-state index in [0.29, 0.717) is 25.2 Å². The molecule has 5 nitrogen and oxygen atoms in total. The molecule has 0 saturated heterocycles. The van der Waals surface area contributed by atoms with Crippen molar-refractivity contribution < 1.29 is 23.8 Å². The molecule has 1 aromatic rings. The van der Waals surface area contributed by atoms with Crippen molar-refractivity contribution in [2.75, 3.05) is 13.3 Å². The average Bonchev–Trinajstić information content (AvgIpc) is 2.48. The molecule has 6 heteroatoms. The topological polar surface area (TPSA) is 89.6 Å². The van der Waals surface area contributed by atoms with Gasteiger partial charge in [-0.3, -0.25) is 14.0 Å². The maximum absolute atomic E-state index is 12.0. The molecule has 1 aromatic carbocycles. The molecule has 0 aromatic heterocycles. The Labute approximate surface area is 129 Å². The van der Waals surface area contributed by atoms with E-state index in [1.54, 1.807) is 24.3 Å². The summed E-state index contributed by atoms with van der Waals surface area (Å²) in [7, 11) is 0. The maximum atomic E-state index is 12.0. The van der Waals surface area contributed by atoms with Crippen LogP contribution in [0.5, 0.6) is 5.75 Å². The minimum Gasteiger partial charge on any atom is -0.494 e. The third-order valence-electron chi connectivity index (χ3n) is 3.36. The van der Waals surface area contributed by atoms with Gasteiger partial charge in [-0.15, -0.1) is 0 Å². The SMILES string of the molecule is CC(=O)[C@@H](N)C[C@H](Cc1ccc(OCCCF)cc1)C(=O)O. The van der Waals surface area contributed by atoms with E-state index in [2.05, 4.69) is 0 Å². The van der Waals surface area contributed by atoms with Crippen LogP contribution in [0.25, 0.3) is 0 Å². The molecule has 22 heavy (non-hydrogen) atoms. The number of ether oxygens (including phenoxy) is 1. The highest BCUT2D eigenvalue weighted by Gasteiger charge is 2.23. The molecule has 0 bridgehead atoms. The van der Waals surface area contributed by atoms with Crippen LogP contribution < -0.4 is 10.5 Å². The highest BCUT2D eigenvalue weighted by atomic mass is 19.1. The van der Waals surface area contributed by atoms with Crippen molar-refractivity contribution in [1.82, 2.24) is 0 Å². The van der Waals surface area contributed by atoms with Gasteiger partial charge in [-0.1, -0.05) is 12.1 Å². The van der Waals surface area contributed by atoms with Crippen molar-refractivity contribution in [3.63, 3.8) is 0 Å². The van der Waals surface area contributed by atoms with E-state index in [9.17, 15) is 19.1 Å². The number of carbonyl (C=O) groups is 2. The summed E-state index contributed by atoms with van der Waals surface area (Å²) in [6.45, 7) is 1.24. The van der Waals surface area contributed by atoms with E-state index in [0.717, 1.165) is 5.56 Å². The molecular weight excluding hydrogens is 289 g/mol. The Balaban J connectivity index is 2.62. The molecule has 0 saturated carbocycles. The summed E-state index contributed by atoms with van der Waals surface area (Å²) in [6.07, 6.45) is 0.742. The van der Waals surface area contributed by atoms with Crippen molar-refractivity contribution in [3.05, 3.63) is 29.8 Å². The zero-order chi connectivity index (χ0) is 16.5. The van der Waals surface area contributed by atoms with E-state index < -0.39 is 24.6 Å². The number of hydrogen-bond acceptors (Lipinski definition) is 4. The number of halogens is 1. The number of carboxylic acid groups (broad SMARTS) is 1. The average molecular weight is 311 g/mol. The van der Waals surface area contributed by atoms with E-state index in [4.69, 9.17) is 10.5 Å². The summed E-state index contributed by atoms with van der Waals surface area (Å²) in [4.78, 5) is 22.4. The van der Waals surface area contributed by atoms with Crippen LogP contribution in [-0.2, 0) is 16.0 Å². The number of nitrogens with two attached hydrogens (primary N) is 1. The molecule has 0 radical (unpaired) electrons. The highest BCUT2D eigenvalue weighted by molar-refractivity contribution is 5.82. The molecule has 0 amide bonds. The lowest BCUT2D eigenvalue weighted by Gasteiger charge is -2.16. The van der Waals surface area contributed by atoms with E-state index in [-0.39, 0.29) is 12.2 Å². The van der Waals surface area contributed by atoms with E-state index >= 15 is 0 Å². The third kappa shape index (κ3) is 6.22. The van der Waals surface area contributed by atoms with Crippen LogP contribution in [0.4, 0.5) is 4.39 Å². The Morgan fingerprint density at radius 1 is 1.32 bits per heavy atom. The number of hydrogen-bond donors (Lipinski definition) is 2. The first-order valence-electron chi connectivity index (χ1n) is 7.20. The van der Waals surface area contributed by atoms with Gasteiger partial charge in [0.2, 0.25) is 0 Å². The monoisotopic (exact) mass is 311 g/mol. The van der Waals surface area contributed by atoms with E-state index in [1.165, 1.54) is 6.92 Å². The van der Waals surface area contributed by atoms with Gasteiger partial charge in [0.05, 0.1) is 25.2 Å². The molecule has 0 aliphatic heterocycles.